The zero-order valence-corrected chi connectivity index (χ0v) is 20.2. The molecule has 0 atom stereocenters. The highest BCUT2D eigenvalue weighted by Crippen LogP contribution is 2.42. The largest absolute Gasteiger partial charge is 0.479 e. The fourth-order valence-corrected chi connectivity index (χ4v) is 4.31. The highest BCUT2D eigenvalue weighted by Gasteiger charge is 2.22. The maximum atomic E-state index is 14.4. The van der Waals surface area contributed by atoms with Crippen LogP contribution in [-0.2, 0) is 17.1 Å². The molecule has 12 heteroatoms. The Morgan fingerprint density at radius 1 is 1.11 bits per heavy atom. The van der Waals surface area contributed by atoms with Crippen molar-refractivity contribution in [3.05, 3.63) is 66.0 Å². The normalized spacial score (nSPS) is 11.5. The highest BCUT2D eigenvalue weighted by atomic mass is 32.2. The first kappa shape index (κ1) is 24.9. The number of benzene rings is 2. The molecular formula is C24H21F2N3O6S. The molecule has 0 saturated heterocycles. The minimum absolute atomic E-state index is 0.0635. The molecule has 2 N–H and O–H groups in total. The summed E-state index contributed by atoms with van der Waals surface area (Å²) in [6.45, 7) is 1.48. The van der Waals surface area contributed by atoms with Gasteiger partial charge < -0.3 is 19.1 Å². The van der Waals surface area contributed by atoms with Gasteiger partial charge in [-0.1, -0.05) is 0 Å². The number of hydrogen-bond acceptors (Lipinski definition) is 6. The number of rotatable bonds is 8. The first-order valence-electron chi connectivity index (χ1n) is 10.6. The zero-order chi connectivity index (χ0) is 26.2. The van der Waals surface area contributed by atoms with Gasteiger partial charge in [-0.25, -0.2) is 27.0 Å². The number of carbonyl (C=O) groups is 1. The number of fused-ring (bicyclic) bond motifs is 1. The predicted octanol–water partition coefficient (Wildman–Crippen LogP) is 4.78. The molecule has 0 saturated carbocycles. The van der Waals surface area contributed by atoms with E-state index in [4.69, 9.17) is 9.47 Å². The monoisotopic (exact) mass is 517 g/mol. The van der Waals surface area contributed by atoms with Crippen molar-refractivity contribution in [2.24, 2.45) is 7.05 Å². The van der Waals surface area contributed by atoms with E-state index < -0.39 is 27.6 Å². The van der Waals surface area contributed by atoms with Gasteiger partial charge in [-0.15, -0.1) is 0 Å². The third-order valence-corrected chi connectivity index (χ3v) is 6.68. The van der Waals surface area contributed by atoms with Crippen LogP contribution in [-0.4, -0.2) is 41.9 Å². The summed E-state index contributed by atoms with van der Waals surface area (Å²) in [5.41, 5.74) is 1.14. The number of halogens is 2. The smallest absolute Gasteiger partial charge is 0.354 e. The van der Waals surface area contributed by atoms with Crippen LogP contribution in [0.25, 0.3) is 22.0 Å². The predicted molar refractivity (Wildman–Crippen MR) is 129 cm³/mol. The van der Waals surface area contributed by atoms with Crippen molar-refractivity contribution in [1.82, 2.24) is 9.55 Å². The van der Waals surface area contributed by atoms with Gasteiger partial charge in [0.15, 0.2) is 17.3 Å². The second-order valence-electron chi connectivity index (χ2n) is 7.77. The van der Waals surface area contributed by atoms with Crippen LogP contribution in [0.4, 0.5) is 14.5 Å². The second kappa shape index (κ2) is 9.46. The summed E-state index contributed by atoms with van der Waals surface area (Å²) in [4.78, 5) is 15.7. The standard InChI is InChI=1S/C24H21F2N3O6S/c1-4-36(32,33)28-14-6-8-20(35-21-7-5-13(25)9-18(21)26)15(10-14)17-12-29(2)22-16(17)11-19(24(30)31)27-23(22)34-3/h5-12,28H,4H2,1-3H3,(H,30,31). The van der Waals surface area contributed by atoms with Crippen molar-refractivity contribution in [3.8, 4) is 28.5 Å². The Morgan fingerprint density at radius 2 is 1.83 bits per heavy atom. The number of aromatic carboxylic acids is 1. The summed E-state index contributed by atoms with van der Waals surface area (Å²) in [6.07, 6.45) is 1.65. The Balaban J connectivity index is 1.98. The van der Waals surface area contributed by atoms with Crippen LogP contribution in [0.1, 0.15) is 17.4 Å². The van der Waals surface area contributed by atoms with Gasteiger partial charge in [0.05, 0.1) is 12.9 Å². The number of pyridine rings is 1. The maximum absolute atomic E-state index is 14.4. The Kier molecular flexibility index (Phi) is 6.55. The van der Waals surface area contributed by atoms with Crippen molar-refractivity contribution < 1.29 is 36.6 Å². The molecule has 0 unspecified atom stereocenters. The zero-order valence-electron chi connectivity index (χ0n) is 19.4. The fourth-order valence-electron chi connectivity index (χ4n) is 3.68. The molecule has 0 amide bonds. The fraction of sp³-hybridized carbons (Fsp3) is 0.167. The first-order chi connectivity index (χ1) is 17.0. The van der Waals surface area contributed by atoms with Crippen molar-refractivity contribution in [2.75, 3.05) is 17.6 Å². The van der Waals surface area contributed by atoms with Gasteiger partial charge in [-0.3, -0.25) is 4.72 Å². The van der Waals surface area contributed by atoms with E-state index in [0.717, 1.165) is 12.1 Å². The summed E-state index contributed by atoms with van der Waals surface area (Å²) in [6, 6.07) is 8.53. The molecule has 2 aromatic heterocycles. The number of sulfonamides is 1. The maximum Gasteiger partial charge on any atom is 0.354 e. The van der Waals surface area contributed by atoms with Crippen LogP contribution in [0.15, 0.2) is 48.7 Å². The molecule has 0 aliphatic rings. The van der Waals surface area contributed by atoms with Crippen LogP contribution in [0.2, 0.25) is 0 Å². The molecular weight excluding hydrogens is 496 g/mol. The Hall–Kier alpha value is -4.19. The SMILES string of the molecule is CCS(=O)(=O)Nc1ccc(Oc2ccc(F)cc2F)c(-c2cn(C)c3c(OC)nc(C(=O)O)cc23)c1. The van der Waals surface area contributed by atoms with E-state index in [1.807, 2.05) is 0 Å². The molecule has 0 radical (unpaired) electrons. The molecule has 36 heavy (non-hydrogen) atoms. The van der Waals surface area contributed by atoms with Gasteiger partial charge in [0.2, 0.25) is 15.9 Å². The van der Waals surface area contributed by atoms with Gasteiger partial charge >= 0.3 is 5.97 Å². The molecule has 188 valence electrons. The van der Waals surface area contributed by atoms with Crippen LogP contribution in [0.3, 0.4) is 0 Å². The Bertz CT molecular complexity index is 1600. The summed E-state index contributed by atoms with van der Waals surface area (Å²) in [5, 5.41) is 9.95. The summed E-state index contributed by atoms with van der Waals surface area (Å²) in [5.74, 6) is -3.24. The number of ether oxygens (including phenoxy) is 2. The van der Waals surface area contributed by atoms with Gasteiger partial charge in [0.25, 0.3) is 0 Å². The van der Waals surface area contributed by atoms with E-state index in [-0.39, 0.29) is 34.5 Å². The number of aryl methyl sites for hydroxylation is 1. The van der Waals surface area contributed by atoms with Crippen molar-refractivity contribution >= 4 is 32.6 Å². The average molecular weight is 518 g/mol. The molecule has 0 aliphatic heterocycles. The van der Waals surface area contributed by atoms with Gasteiger partial charge in [-0.2, -0.15) is 0 Å². The number of carboxylic acid groups (broad SMARTS) is 1. The number of anilines is 1. The van der Waals surface area contributed by atoms with Crippen molar-refractivity contribution in [1.29, 1.82) is 0 Å². The number of nitrogens with zero attached hydrogens (tertiary/aromatic N) is 2. The van der Waals surface area contributed by atoms with Crippen molar-refractivity contribution in [2.45, 2.75) is 6.92 Å². The minimum atomic E-state index is -3.63. The third kappa shape index (κ3) is 4.80. The lowest BCUT2D eigenvalue weighted by Crippen LogP contribution is -2.14. The molecule has 2 heterocycles. The number of hydrogen-bond donors (Lipinski definition) is 2. The van der Waals surface area contributed by atoms with Gasteiger partial charge in [0.1, 0.15) is 17.1 Å². The third-order valence-electron chi connectivity index (χ3n) is 5.38. The Morgan fingerprint density at radius 3 is 2.47 bits per heavy atom. The molecule has 4 rings (SSSR count). The van der Waals surface area contributed by atoms with Crippen LogP contribution < -0.4 is 14.2 Å². The number of nitrogens with one attached hydrogen (secondary N) is 1. The van der Waals surface area contributed by atoms with Crippen LogP contribution in [0.5, 0.6) is 17.4 Å². The van der Waals surface area contributed by atoms with Crippen LogP contribution >= 0.6 is 0 Å². The van der Waals surface area contributed by atoms with E-state index >= 15 is 0 Å². The molecule has 2 aromatic carbocycles. The summed E-state index contributed by atoms with van der Waals surface area (Å²) < 4.78 is 67.3. The molecule has 0 aliphatic carbocycles. The number of carboxylic acids is 1. The van der Waals surface area contributed by atoms with E-state index in [0.29, 0.717) is 28.1 Å². The highest BCUT2D eigenvalue weighted by molar-refractivity contribution is 7.92. The lowest BCUT2D eigenvalue weighted by Gasteiger charge is -2.14. The van der Waals surface area contributed by atoms with E-state index in [2.05, 4.69) is 9.71 Å². The van der Waals surface area contributed by atoms with Crippen molar-refractivity contribution in [3.63, 3.8) is 0 Å². The van der Waals surface area contributed by atoms with E-state index in [1.54, 1.807) is 17.8 Å². The van der Waals surface area contributed by atoms with Gasteiger partial charge in [-0.05, 0) is 43.3 Å². The second-order valence-corrected chi connectivity index (χ2v) is 9.78. The van der Waals surface area contributed by atoms with E-state index in [9.17, 15) is 27.1 Å². The molecule has 0 bridgehead atoms. The Labute approximate surface area is 205 Å². The molecule has 4 aromatic rings. The first-order valence-corrected chi connectivity index (χ1v) is 12.2. The molecule has 9 nitrogen and oxygen atoms in total. The number of aromatic nitrogens is 2. The molecule has 0 spiro atoms. The lowest BCUT2D eigenvalue weighted by atomic mass is 10.0. The van der Waals surface area contributed by atoms with Crippen LogP contribution in [0, 0.1) is 11.6 Å². The average Bonchev–Trinajstić information content (AvgIpc) is 3.17. The summed E-state index contributed by atoms with van der Waals surface area (Å²) >= 11 is 0. The topological polar surface area (TPSA) is 120 Å². The quantitative estimate of drug-likeness (QED) is 0.345. The number of methoxy groups -OCH3 is 1. The lowest BCUT2D eigenvalue weighted by molar-refractivity contribution is 0.0689. The molecule has 0 fully saturated rings. The summed E-state index contributed by atoms with van der Waals surface area (Å²) in [7, 11) is -0.578. The van der Waals surface area contributed by atoms with Gasteiger partial charge in [0, 0.05) is 41.5 Å². The minimum Gasteiger partial charge on any atom is -0.479 e. The van der Waals surface area contributed by atoms with E-state index in [1.165, 1.54) is 38.3 Å².